The summed E-state index contributed by atoms with van der Waals surface area (Å²) in [5, 5.41) is 3.18. The van der Waals surface area contributed by atoms with E-state index < -0.39 is 17.8 Å². The molecule has 1 aromatic carbocycles. The normalized spacial score (nSPS) is 17.9. The number of nitrogens with one attached hydrogen (secondary N) is 1. The largest absolute Gasteiger partial charge is 0.416 e. The fourth-order valence-corrected chi connectivity index (χ4v) is 3.28. The monoisotopic (exact) mass is 356 g/mol. The van der Waals surface area contributed by atoms with Gasteiger partial charge >= 0.3 is 6.18 Å². The molecule has 1 atom stereocenters. The molecule has 4 nitrogen and oxygen atoms in total. The van der Waals surface area contributed by atoms with Crippen molar-refractivity contribution in [3.05, 3.63) is 46.5 Å². The molecule has 0 unspecified atom stereocenters. The van der Waals surface area contributed by atoms with Crippen LogP contribution in [0.15, 0.2) is 30.5 Å². The fraction of sp³-hybridized carbons (Fsp3) is 0.375. The number of anilines is 1. The highest BCUT2D eigenvalue weighted by Crippen LogP contribution is 2.30. The molecule has 1 aromatic heterocycles. The van der Waals surface area contributed by atoms with E-state index >= 15 is 0 Å². The molecule has 1 fully saturated rings. The predicted octanol–water partition coefficient (Wildman–Crippen LogP) is 3.87. The van der Waals surface area contributed by atoms with E-state index in [4.69, 9.17) is 4.74 Å². The number of aromatic nitrogens is 1. The van der Waals surface area contributed by atoms with Gasteiger partial charge in [-0.15, -0.1) is 11.3 Å². The number of amides is 1. The van der Waals surface area contributed by atoms with Crippen LogP contribution in [0.2, 0.25) is 0 Å². The zero-order chi connectivity index (χ0) is 17.2. The molecule has 1 N–H and O–H groups in total. The van der Waals surface area contributed by atoms with Gasteiger partial charge in [0.2, 0.25) is 0 Å². The van der Waals surface area contributed by atoms with Crippen molar-refractivity contribution in [2.45, 2.75) is 31.5 Å². The summed E-state index contributed by atoms with van der Waals surface area (Å²) in [6, 6.07) is 5.04. The second-order valence-electron chi connectivity index (χ2n) is 5.49. The lowest BCUT2D eigenvalue weighted by atomic mass is 10.1. The maximum Gasteiger partial charge on any atom is 0.416 e. The number of rotatable bonds is 4. The van der Waals surface area contributed by atoms with Crippen molar-refractivity contribution in [2.24, 2.45) is 0 Å². The first kappa shape index (κ1) is 16.9. The third-order valence-corrected chi connectivity index (χ3v) is 4.58. The molecule has 0 spiro atoms. The summed E-state index contributed by atoms with van der Waals surface area (Å²) in [6.07, 6.45) is -1.10. The Labute approximate surface area is 140 Å². The van der Waals surface area contributed by atoms with Gasteiger partial charge in [-0.05, 0) is 30.5 Å². The number of ether oxygens (including phenoxy) is 1. The molecule has 0 bridgehead atoms. The number of hydrogen-bond acceptors (Lipinski definition) is 4. The van der Waals surface area contributed by atoms with Crippen LogP contribution in [-0.4, -0.2) is 23.6 Å². The van der Waals surface area contributed by atoms with Gasteiger partial charge in [0.15, 0.2) is 5.13 Å². The maximum absolute atomic E-state index is 12.5. The molecular weight excluding hydrogens is 341 g/mol. The van der Waals surface area contributed by atoms with Crippen molar-refractivity contribution < 1.29 is 22.7 Å². The van der Waals surface area contributed by atoms with E-state index in [1.165, 1.54) is 23.5 Å². The third-order valence-electron chi connectivity index (χ3n) is 3.67. The number of carbonyl (C=O) groups excluding carboxylic acids is 1. The summed E-state index contributed by atoms with van der Waals surface area (Å²) in [5.41, 5.74) is 0.0868. The van der Waals surface area contributed by atoms with E-state index in [0.29, 0.717) is 24.6 Å². The Hall–Kier alpha value is -1.93. The Morgan fingerprint density at radius 2 is 2.08 bits per heavy atom. The van der Waals surface area contributed by atoms with Crippen LogP contribution in [0, 0.1) is 0 Å². The Kier molecular flexibility index (Phi) is 4.86. The minimum absolute atomic E-state index is 0.206. The van der Waals surface area contributed by atoms with Gasteiger partial charge in [0.25, 0.3) is 5.91 Å². The van der Waals surface area contributed by atoms with Crippen LogP contribution in [0.4, 0.5) is 18.3 Å². The summed E-state index contributed by atoms with van der Waals surface area (Å²) in [4.78, 5) is 16.9. The highest BCUT2D eigenvalue weighted by atomic mass is 32.1. The van der Waals surface area contributed by atoms with Crippen molar-refractivity contribution in [3.8, 4) is 0 Å². The van der Waals surface area contributed by atoms with Gasteiger partial charge in [-0.25, -0.2) is 4.98 Å². The van der Waals surface area contributed by atoms with E-state index in [1.54, 1.807) is 6.20 Å². The molecule has 0 saturated carbocycles. The zero-order valence-electron chi connectivity index (χ0n) is 12.6. The summed E-state index contributed by atoms with van der Waals surface area (Å²) >= 11 is 1.30. The Bertz CT molecular complexity index is 707. The lowest BCUT2D eigenvalue weighted by Crippen LogP contribution is -2.26. The number of thiazole rings is 1. The van der Waals surface area contributed by atoms with Crippen molar-refractivity contribution in [1.29, 1.82) is 0 Å². The van der Waals surface area contributed by atoms with Gasteiger partial charge in [0.1, 0.15) is 6.10 Å². The van der Waals surface area contributed by atoms with Crippen LogP contribution in [0.3, 0.4) is 0 Å². The second kappa shape index (κ2) is 6.90. The van der Waals surface area contributed by atoms with Crippen LogP contribution < -0.4 is 5.32 Å². The highest BCUT2D eigenvalue weighted by molar-refractivity contribution is 7.15. The molecule has 0 radical (unpaired) electrons. The lowest BCUT2D eigenvalue weighted by molar-refractivity contribution is -0.137. The van der Waals surface area contributed by atoms with Gasteiger partial charge in [0.05, 0.1) is 5.56 Å². The van der Waals surface area contributed by atoms with Crippen molar-refractivity contribution in [1.82, 2.24) is 4.98 Å². The summed E-state index contributed by atoms with van der Waals surface area (Å²) < 4.78 is 42.9. The zero-order valence-corrected chi connectivity index (χ0v) is 13.4. The molecule has 0 aliphatic carbocycles. The van der Waals surface area contributed by atoms with E-state index in [0.717, 1.165) is 29.0 Å². The quantitative estimate of drug-likeness (QED) is 0.905. The van der Waals surface area contributed by atoms with Crippen LogP contribution in [-0.2, 0) is 22.1 Å². The number of nitrogens with zero attached hydrogens (tertiary/aromatic N) is 1. The Morgan fingerprint density at radius 1 is 1.33 bits per heavy atom. The number of halogens is 3. The number of hydrogen-bond donors (Lipinski definition) is 1. The van der Waals surface area contributed by atoms with E-state index in [2.05, 4.69) is 10.3 Å². The van der Waals surface area contributed by atoms with Gasteiger partial charge < -0.3 is 4.74 Å². The highest BCUT2D eigenvalue weighted by Gasteiger charge is 2.30. The van der Waals surface area contributed by atoms with E-state index in [-0.39, 0.29) is 5.91 Å². The molecule has 2 aromatic rings. The molecule has 1 amide bonds. The van der Waals surface area contributed by atoms with Gasteiger partial charge in [-0.2, -0.15) is 13.2 Å². The molecule has 2 heterocycles. The first-order valence-corrected chi connectivity index (χ1v) is 8.27. The Morgan fingerprint density at radius 3 is 2.71 bits per heavy atom. The predicted molar refractivity (Wildman–Crippen MR) is 84.0 cm³/mol. The van der Waals surface area contributed by atoms with E-state index in [9.17, 15) is 18.0 Å². The summed E-state index contributed by atoms with van der Waals surface area (Å²) in [7, 11) is 0. The van der Waals surface area contributed by atoms with Crippen LogP contribution >= 0.6 is 11.3 Å². The smallest absolute Gasteiger partial charge is 0.368 e. The molecule has 1 aliphatic rings. The maximum atomic E-state index is 12.5. The average molecular weight is 356 g/mol. The number of alkyl halides is 3. The summed E-state index contributed by atoms with van der Waals surface area (Å²) in [6.45, 7) is 0.592. The fourth-order valence-electron chi connectivity index (χ4n) is 2.43. The Balaban J connectivity index is 1.60. The number of benzene rings is 1. The number of carbonyl (C=O) groups is 1. The lowest BCUT2D eigenvalue weighted by Gasteiger charge is -2.07. The van der Waals surface area contributed by atoms with Crippen molar-refractivity contribution in [2.75, 3.05) is 11.9 Å². The van der Waals surface area contributed by atoms with Crippen LogP contribution in [0.25, 0.3) is 0 Å². The van der Waals surface area contributed by atoms with Gasteiger partial charge in [-0.1, -0.05) is 12.1 Å². The molecule has 24 heavy (non-hydrogen) atoms. The second-order valence-corrected chi connectivity index (χ2v) is 6.61. The SMILES string of the molecule is O=C(Nc1ncc(Cc2ccc(C(F)(F)F)cc2)s1)[C@H]1CCCO1. The minimum Gasteiger partial charge on any atom is -0.368 e. The summed E-state index contributed by atoms with van der Waals surface area (Å²) in [5.74, 6) is -0.206. The first-order chi connectivity index (χ1) is 11.4. The molecule has 3 rings (SSSR count). The molecule has 128 valence electrons. The van der Waals surface area contributed by atoms with Gasteiger partial charge in [0, 0.05) is 24.1 Å². The molecule has 1 aliphatic heterocycles. The topological polar surface area (TPSA) is 51.2 Å². The standard InChI is InChI=1S/C16H15F3N2O2S/c17-16(18,19)11-5-3-10(4-6-11)8-12-9-20-15(24-12)21-14(22)13-2-1-7-23-13/h3-6,9,13H,1-2,7-8H2,(H,20,21,22)/t13-/m1/s1. The van der Waals surface area contributed by atoms with Crippen molar-refractivity contribution >= 4 is 22.4 Å². The van der Waals surface area contributed by atoms with Gasteiger partial charge in [-0.3, -0.25) is 10.1 Å². The van der Waals surface area contributed by atoms with E-state index in [1.807, 2.05) is 0 Å². The minimum atomic E-state index is -4.33. The van der Waals surface area contributed by atoms with Crippen molar-refractivity contribution in [3.63, 3.8) is 0 Å². The van der Waals surface area contributed by atoms with Crippen LogP contribution in [0.1, 0.15) is 28.8 Å². The third kappa shape index (κ3) is 4.12. The average Bonchev–Trinajstić information content (AvgIpc) is 3.19. The molecular formula is C16H15F3N2O2S. The molecule has 1 saturated heterocycles. The molecule has 8 heteroatoms. The first-order valence-electron chi connectivity index (χ1n) is 7.45. The van der Waals surface area contributed by atoms with Crippen LogP contribution in [0.5, 0.6) is 0 Å².